The molecule has 25 heavy (non-hydrogen) atoms. The van der Waals surface area contributed by atoms with E-state index in [0.717, 1.165) is 15.9 Å². The Hall–Kier alpha value is -2.67. The molecule has 0 aliphatic heterocycles. The number of nitrogens with one attached hydrogen (secondary N) is 2. The number of nitrogens with zero attached hydrogens (tertiary/aromatic N) is 2. The van der Waals surface area contributed by atoms with E-state index in [0.29, 0.717) is 10.4 Å². The molecule has 2 amide bonds. The molecule has 130 valence electrons. The van der Waals surface area contributed by atoms with Crippen LogP contribution in [0.2, 0.25) is 0 Å². The molecular weight excluding hydrogens is 336 g/mol. The number of carbonyl (C=O) groups excluding carboxylic acids is 2. The summed E-state index contributed by atoms with van der Waals surface area (Å²) in [5.74, 6) is -0.729. The Kier molecular flexibility index (Phi) is 4.34. The van der Waals surface area contributed by atoms with Gasteiger partial charge in [0.25, 0.3) is 11.8 Å². The Labute approximate surface area is 149 Å². The zero-order valence-corrected chi connectivity index (χ0v) is 15.4. The monoisotopic (exact) mass is 356 g/mol. The van der Waals surface area contributed by atoms with Gasteiger partial charge in [0.2, 0.25) is 0 Å². The van der Waals surface area contributed by atoms with Gasteiger partial charge in [-0.3, -0.25) is 20.4 Å². The van der Waals surface area contributed by atoms with Crippen molar-refractivity contribution in [1.82, 2.24) is 20.4 Å². The van der Waals surface area contributed by atoms with E-state index >= 15 is 0 Å². The molecule has 7 heteroatoms. The molecule has 3 aromatic rings. The zero-order valence-electron chi connectivity index (χ0n) is 14.6. The Morgan fingerprint density at radius 2 is 1.80 bits per heavy atom. The average Bonchev–Trinajstić information content (AvgIpc) is 3.18. The molecule has 0 unspecified atom stereocenters. The first-order valence-electron chi connectivity index (χ1n) is 7.88. The van der Waals surface area contributed by atoms with Gasteiger partial charge >= 0.3 is 0 Å². The van der Waals surface area contributed by atoms with Gasteiger partial charge < -0.3 is 4.57 Å². The van der Waals surface area contributed by atoms with E-state index in [2.05, 4.69) is 15.8 Å². The molecule has 0 saturated heterocycles. The van der Waals surface area contributed by atoms with Gasteiger partial charge in [-0.25, -0.2) is 4.98 Å². The second kappa shape index (κ2) is 6.33. The third-order valence-electron chi connectivity index (χ3n) is 3.80. The highest BCUT2D eigenvalue weighted by molar-refractivity contribution is 7.13. The Balaban J connectivity index is 1.71. The van der Waals surface area contributed by atoms with Crippen molar-refractivity contribution in [3.8, 4) is 0 Å². The standard InChI is InChI=1S/C18H20N4O2S/c1-18(2,3)17-19-9-14(25-17)16(24)21-20-15(23)12-10-22(4)13-8-6-5-7-11(12)13/h5-10H,1-4H3,(H,20,23)(H,21,24). The van der Waals surface area contributed by atoms with Gasteiger partial charge in [0, 0.05) is 29.6 Å². The van der Waals surface area contributed by atoms with Crippen molar-refractivity contribution in [1.29, 1.82) is 0 Å². The van der Waals surface area contributed by atoms with Crippen LogP contribution in [0.3, 0.4) is 0 Å². The summed E-state index contributed by atoms with van der Waals surface area (Å²) in [6.45, 7) is 6.11. The lowest BCUT2D eigenvalue weighted by Crippen LogP contribution is -2.41. The van der Waals surface area contributed by atoms with E-state index in [9.17, 15) is 9.59 Å². The molecule has 0 atom stereocenters. The summed E-state index contributed by atoms with van der Waals surface area (Å²) in [7, 11) is 1.88. The van der Waals surface area contributed by atoms with E-state index in [1.807, 2.05) is 56.7 Å². The second-order valence-electron chi connectivity index (χ2n) is 6.86. The molecule has 1 aromatic carbocycles. The minimum Gasteiger partial charge on any atom is -0.350 e. The van der Waals surface area contributed by atoms with Gasteiger partial charge in [0.1, 0.15) is 4.88 Å². The number of hydrogen-bond donors (Lipinski definition) is 2. The van der Waals surface area contributed by atoms with Crippen LogP contribution in [0.1, 0.15) is 45.8 Å². The van der Waals surface area contributed by atoms with Crippen molar-refractivity contribution in [2.45, 2.75) is 26.2 Å². The SMILES string of the molecule is Cn1cc(C(=O)NNC(=O)c2cnc(C(C)(C)C)s2)c2ccccc21. The number of aryl methyl sites for hydroxylation is 1. The topological polar surface area (TPSA) is 76.0 Å². The van der Waals surface area contributed by atoms with Gasteiger partial charge in [0.15, 0.2) is 0 Å². The molecular formula is C18H20N4O2S. The first-order valence-corrected chi connectivity index (χ1v) is 8.70. The summed E-state index contributed by atoms with van der Waals surface area (Å²) in [6.07, 6.45) is 3.28. The van der Waals surface area contributed by atoms with Crippen molar-refractivity contribution in [3.63, 3.8) is 0 Å². The molecule has 2 heterocycles. The first-order chi connectivity index (χ1) is 11.8. The molecule has 0 bridgehead atoms. The first kappa shape index (κ1) is 17.2. The van der Waals surface area contributed by atoms with E-state index in [4.69, 9.17) is 0 Å². The van der Waals surface area contributed by atoms with E-state index in [1.165, 1.54) is 17.5 Å². The molecule has 0 aliphatic carbocycles. The van der Waals surface area contributed by atoms with Crippen LogP contribution in [-0.4, -0.2) is 21.4 Å². The number of rotatable bonds is 2. The van der Waals surface area contributed by atoms with Gasteiger partial charge in [-0.1, -0.05) is 39.0 Å². The highest BCUT2D eigenvalue weighted by Gasteiger charge is 2.21. The molecule has 0 fully saturated rings. The maximum Gasteiger partial charge on any atom is 0.281 e. The number of hydrazine groups is 1. The minimum atomic E-state index is -0.374. The third kappa shape index (κ3) is 3.41. The van der Waals surface area contributed by atoms with Crippen LogP contribution in [-0.2, 0) is 12.5 Å². The van der Waals surface area contributed by atoms with Crippen molar-refractivity contribution >= 4 is 34.1 Å². The molecule has 2 N–H and O–H groups in total. The Bertz CT molecular complexity index is 950. The smallest absolute Gasteiger partial charge is 0.281 e. The van der Waals surface area contributed by atoms with E-state index < -0.39 is 0 Å². The quantitative estimate of drug-likeness (QED) is 0.693. The number of benzene rings is 1. The van der Waals surface area contributed by atoms with Gasteiger partial charge in [-0.15, -0.1) is 11.3 Å². The number of thiazole rings is 1. The fourth-order valence-corrected chi connectivity index (χ4v) is 3.36. The highest BCUT2D eigenvalue weighted by atomic mass is 32.1. The number of hydrogen-bond acceptors (Lipinski definition) is 4. The van der Waals surface area contributed by atoms with Crippen LogP contribution in [0.15, 0.2) is 36.7 Å². The lowest BCUT2D eigenvalue weighted by Gasteiger charge is -2.13. The molecule has 0 aliphatic rings. The van der Waals surface area contributed by atoms with Crippen molar-refractivity contribution < 1.29 is 9.59 Å². The average molecular weight is 356 g/mol. The summed E-state index contributed by atoms with van der Waals surface area (Å²) in [5, 5.41) is 1.71. The highest BCUT2D eigenvalue weighted by Crippen LogP contribution is 2.26. The van der Waals surface area contributed by atoms with Crippen molar-refractivity contribution in [2.75, 3.05) is 0 Å². The molecule has 3 rings (SSSR count). The second-order valence-corrected chi connectivity index (χ2v) is 7.89. The van der Waals surface area contributed by atoms with E-state index in [1.54, 1.807) is 6.20 Å². The molecule has 0 spiro atoms. The minimum absolute atomic E-state index is 0.116. The number of aromatic nitrogens is 2. The summed E-state index contributed by atoms with van der Waals surface area (Å²) in [5.41, 5.74) is 6.29. The molecule has 0 radical (unpaired) electrons. The van der Waals surface area contributed by atoms with Gasteiger partial charge in [-0.2, -0.15) is 0 Å². The van der Waals surface area contributed by atoms with Crippen molar-refractivity contribution in [2.24, 2.45) is 7.05 Å². The maximum atomic E-state index is 12.4. The summed E-state index contributed by atoms with van der Waals surface area (Å²) in [6, 6.07) is 7.62. The predicted octanol–water partition coefficient (Wildman–Crippen LogP) is 3.01. The van der Waals surface area contributed by atoms with Crippen LogP contribution in [0, 0.1) is 0 Å². The summed E-state index contributed by atoms with van der Waals surface area (Å²) in [4.78, 5) is 29.4. The maximum absolute atomic E-state index is 12.4. The molecule has 0 saturated carbocycles. The van der Waals surface area contributed by atoms with Crippen LogP contribution in [0.4, 0.5) is 0 Å². The number of para-hydroxylation sites is 1. The molecule has 6 nitrogen and oxygen atoms in total. The van der Waals surface area contributed by atoms with E-state index in [-0.39, 0.29) is 17.2 Å². The van der Waals surface area contributed by atoms with Crippen LogP contribution >= 0.6 is 11.3 Å². The fourth-order valence-electron chi connectivity index (χ4n) is 2.49. The summed E-state index contributed by atoms with van der Waals surface area (Å²) >= 11 is 1.32. The Morgan fingerprint density at radius 1 is 1.12 bits per heavy atom. The van der Waals surface area contributed by atoms with Gasteiger partial charge in [0.05, 0.1) is 16.8 Å². The van der Waals surface area contributed by atoms with Crippen LogP contribution < -0.4 is 10.9 Å². The number of fused-ring (bicyclic) bond motifs is 1. The van der Waals surface area contributed by atoms with Crippen molar-refractivity contribution in [3.05, 3.63) is 52.1 Å². The predicted molar refractivity (Wildman–Crippen MR) is 98.7 cm³/mol. The zero-order chi connectivity index (χ0) is 18.2. The lowest BCUT2D eigenvalue weighted by molar-refractivity contribution is 0.0849. The molecule has 2 aromatic heterocycles. The third-order valence-corrected chi connectivity index (χ3v) is 5.22. The number of carbonyl (C=O) groups is 2. The lowest BCUT2D eigenvalue weighted by atomic mass is 9.98. The Morgan fingerprint density at radius 3 is 2.48 bits per heavy atom. The fraction of sp³-hybridized carbons (Fsp3) is 0.278. The largest absolute Gasteiger partial charge is 0.350 e. The van der Waals surface area contributed by atoms with Crippen LogP contribution in [0.25, 0.3) is 10.9 Å². The number of amides is 2. The van der Waals surface area contributed by atoms with Crippen LogP contribution in [0.5, 0.6) is 0 Å². The summed E-state index contributed by atoms with van der Waals surface area (Å²) < 4.78 is 1.88. The normalized spacial score (nSPS) is 11.5. The van der Waals surface area contributed by atoms with Gasteiger partial charge in [-0.05, 0) is 6.07 Å².